The molecule has 1 atom stereocenters. The Morgan fingerprint density at radius 2 is 1.83 bits per heavy atom. The number of ether oxygens (including phenoxy) is 1. The Morgan fingerprint density at radius 1 is 1.10 bits per heavy atom. The molecule has 3 aromatic rings. The van der Waals surface area contributed by atoms with E-state index in [1.165, 1.54) is 17.4 Å². The van der Waals surface area contributed by atoms with Crippen molar-refractivity contribution in [2.24, 2.45) is 5.73 Å². The SMILES string of the molecule is C[C@@H](NC(=O)Nc1ccc(-c2cnc(C3CCC(OC(N)=O)CC3)s2)c(S(=O)(=O)NC(C)(C)C)c1)c1ccccn1. The largest absolute Gasteiger partial charge is 0.446 e. The van der Waals surface area contributed by atoms with E-state index in [4.69, 9.17) is 10.5 Å². The minimum Gasteiger partial charge on any atom is -0.446 e. The number of pyridine rings is 1. The lowest BCUT2D eigenvalue weighted by molar-refractivity contribution is 0.0787. The molecule has 0 bridgehead atoms. The van der Waals surface area contributed by atoms with Crippen LogP contribution in [-0.2, 0) is 14.8 Å². The van der Waals surface area contributed by atoms with Crippen molar-refractivity contribution in [2.75, 3.05) is 5.32 Å². The molecule has 1 saturated carbocycles. The summed E-state index contributed by atoms with van der Waals surface area (Å²) < 4.78 is 35.0. The van der Waals surface area contributed by atoms with Gasteiger partial charge >= 0.3 is 12.1 Å². The van der Waals surface area contributed by atoms with E-state index in [-0.39, 0.29) is 23.0 Å². The number of sulfonamides is 1. The van der Waals surface area contributed by atoms with Gasteiger partial charge in [-0.25, -0.2) is 27.7 Å². The third-order valence-electron chi connectivity index (χ3n) is 6.54. The number of nitrogens with zero attached hydrogens (tertiary/aromatic N) is 2. The number of amides is 3. The molecule has 1 aliphatic rings. The lowest BCUT2D eigenvalue weighted by atomic mass is 9.88. The molecule has 1 fully saturated rings. The molecular formula is C28H36N6O5S2. The van der Waals surface area contributed by atoms with E-state index in [1.807, 2.05) is 19.1 Å². The van der Waals surface area contributed by atoms with Crippen LogP contribution in [0.25, 0.3) is 10.4 Å². The lowest BCUT2D eigenvalue weighted by Crippen LogP contribution is -2.40. The van der Waals surface area contributed by atoms with E-state index < -0.39 is 27.7 Å². The van der Waals surface area contributed by atoms with Gasteiger partial charge in [-0.2, -0.15) is 0 Å². The van der Waals surface area contributed by atoms with Crippen LogP contribution in [0.1, 0.15) is 76.0 Å². The molecule has 3 amide bonds. The van der Waals surface area contributed by atoms with Crippen LogP contribution < -0.4 is 21.1 Å². The number of benzene rings is 1. The number of aromatic nitrogens is 2. The molecule has 0 saturated heterocycles. The first-order valence-electron chi connectivity index (χ1n) is 13.4. The van der Waals surface area contributed by atoms with Gasteiger partial charge in [0.25, 0.3) is 0 Å². The fourth-order valence-electron chi connectivity index (χ4n) is 4.75. The van der Waals surface area contributed by atoms with Gasteiger partial charge in [0.15, 0.2) is 0 Å². The van der Waals surface area contributed by atoms with Gasteiger partial charge < -0.3 is 21.1 Å². The zero-order valence-corrected chi connectivity index (χ0v) is 25.1. The second-order valence-corrected chi connectivity index (χ2v) is 13.8. The van der Waals surface area contributed by atoms with Crippen LogP contribution in [0, 0.1) is 0 Å². The summed E-state index contributed by atoms with van der Waals surface area (Å²) in [5.74, 6) is 0.181. The number of primary amides is 1. The highest BCUT2D eigenvalue weighted by molar-refractivity contribution is 7.89. The molecule has 0 aliphatic heterocycles. The van der Waals surface area contributed by atoms with E-state index in [9.17, 15) is 18.0 Å². The summed E-state index contributed by atoms with van der Waals surface area (Å²) in [4.78, 5) is 33.4. The zero-order valence-electron chi connectivity index (χ0n) is 23.5. The van der Waals surface area contributed by atoms with Crippen molar-refractivity contribution in [3.63, 3.8) is 0 Å². The third kappa shape index (κ3) is 8.24. The number of hydrogen-bond acceptors (Lipinski definition) is 8. The molecule has 0 unspecified atom stereocenters. The van der Waals surface area contributed by atoms with Crippen LogP contribution >= 0.6 is 11.3 Å². The highest BCUT2D eigenvalue weighted by Gasteiger charge is 2.29. The van der Waals surface area contributed by atoms with E-state index in [0.29, 0.717) is 34.7 Å². The van der Waals surface area contributed by atoms with Gasteiger partial charge in [-0.3, -0.25) is 4.98 Å². The number of nitrogens with two attached hydrogens (primary N) is 1. The Balaban J connectivity index is 1.57. The van der Waals surface area contributed by atoms with Crippen molar-refractivity contribution >= 4 is 39.2 Å². The summed E-state index contributed by atoms with van der Waals surface area (Å²) in [6, 6.07) is 9.42. The van der Waals surface area contributed by atoms with Crippen molar-refractivity contribution in [2.45, 2.75) is 81.9 Å². The van der Waals surface area contributed by atoms with Crippen LogP contribution in [0.2, 0.25) is 0 Å². The quantitative estimate of drug-likeness (QED) is 0.273. The summed E-state index contributed by atoms with van der Waals surface area (Å²) in [6.45, 7) is 7.11. The third-order valence-corrected chi connectivity index (χ3v) is 9.53. The van der Waals surface area contributed by atoms with Gasteiger partial charge in [-0.15, -0.1) is 11.3 Å². The number of carbonyl (C=O) groups excluding carboxylic acids is 2. The van der Waals surface area contributed by atoms with E-state index in [1.54, 1.807) is 51.4 Å². The molecule has 220 valence electrons. The first-order valence-corrected chi connectivity index (χ1v) is 15.7. The Labute approximate surface area is 244 Å². The summed E-state index contributed by atoms with van der Waals surface area (Å²) in [5.41, 5.74) is 5.94. The summed E-state index contributed by atoms with van der Waals surface area (Å²) in [6.07, 6.45) is 5.35. The Hall–Kier alpha value is -3.55. The molecule has 2 aromatic heterocycles. The minimum absolute atomic E-state index is 0.0387. The normalized spacial score (nSPS) is 18.3. The first kappa shape index (κ1) is 30.4. The average Bonchev–Trinajstić information content (AvgIpc) is 3.38. The Kier molecular flexibility index (Phi) is 9.30. The maximum Gasteiger partial charge on any atom is 0.404 e. The van der Waals surface area contributed by atoms with Crippen molar-refractivity contribution < 1.29 is 22.7 Å². The smallest absolute Gasteiger partial charge is 0.404 e. The van der Waals surface area contributed by atoms with Gasteiger partial charge in [0.05, 0.1) is 26.5 Å². The number of rotatable bonds is 8. The Morgan fingerprint density at radius 3 is 2.46 bits per heavy atom. The number of anilines is 1. The Bertz CT molecular complexity index is 1480. The molecule has 13 heteroatoms. The molecule has 11 nitrogen and oxygen atoms in total. The van der Waals surface area contributed by atoms with Crippen LogP contribution in [0.4, 0.5) is 15.3 Å². The maximum absolute atomic E-state index is 13.6. The number of thiazole rings is 1. The van der Waals surface area contributed by atoms with Gasteiger partial charge in [-0.1, -0.05) is 12.1 Å². The molecule has 41 heavy (non-hydrogen) atoms. The highest BCUT2D eigenvalue weighted by Crippen LogP contribution is 2.40. The van der Waals surface area contributed by atoms with Crippen molar-refractivity contribution in [1.29, 1.82) is 0 Å². The summed E-state index contributed by atoms with van der Waals surface area (Å²) in [7, 11) is -3.97. The predicted molar refractivity (Wildman–Crippen MR) is 158 cm³/mol. The van der Waals surface area contributed by atoms with Gasteiger partial charge in [0, 0.05) is 35.1 Å². The molecule has 0 radical (unpaired) electrons. The molecule has 4 rings (SSSR count). The molecule has 5 N–H and O–H groups in total. The van der Waals surface area contributed by atoms with Gasteiger partial charge in [-0.05, 0) is 77.6 Å². The van der Waals surface area contributed by atoms with Gasteiger partial charge in [0.1, 0.15) is 6.10 Å². The average molecular weight is 601 g/mol. The molecular weight excluding hydrogens is 564 g/mol. The van der Waals surface area contributed by atoms with Crippen LogP contribution in [0.3, 0.4) is 0 Å². The second-order valence-electron chi connectivity index (χ2n) is 11.1. The van der Waals surface area contributed by atoms with Crippen molar-refractivity contribution in [3.8, 4) is 10.4 Å². The molecule has 0 spiro atoms. The number of hydrogen-bond donors (Lipinski definition) is 4. The summed E-state index contributed by atoms with van der Waals surface area (Å²) in [5, 5.41) is 6.46. The van der Waals surface area contributed by atoms with Crippen LogP contribution in [-0.4, -0.2) is 42.2 Å². The molecule has 1 aromatic carbocycles. The topological polar surface area (TPSA) is 165 Å². The first-order chi connectivity index (χ1) is 19.3. The summed E-state index contributed by atoms with van der Waals surface area (Å²) >= 11 is 1.44. The van der Waals surface area contributed by atoms with E-state index >= 15 is 0 Å². The molecule has 2 heterocycles. The van der Waals surface area contributed by atoms with E-state index in [0.717, 1.165) is 17.8 Å². The second kappa shape index (κ2) is 12.5. The lowest BCUT2D eigenvalue weighted by Gasteiger charge is -2.26. The maximum atomic E-state index is 13.6. The van der Waals surface area contributed by atoms with Crippen LogP contribution in [0.5, 0.6) is 0 Å². The predicted octanol–water partition coefficient (Wildman–Crippen LogP) is 5.29. The zero-order chi connectivity index (χ0) is 29.8. The van der Waals surface area contributed by atoms with Gasteiger partial charge in [0.2, 0.25) is 10.0 Å². The number of carbonyl (C=O) groups is 2. The highest BCUT2D eigenvalue weighted by atomic mass is 32.2. The fraction of sp³-hybridized carbons (Fsp3) is 0.429. The van der Waals surface area contributed by atoms with E-state index in [2.05, 4.69) is 25.3 Å². The monoisotopic (exact) mass is 600 g/mol. The fourth-order valence-corrected chi connectivity index (χ4v) is 7.60. The number of nitrogens with one attached hydrogen (secondary N) is 3. The number of urea groups is 1. The molecule has 1 aliphatic carbocycles. The van der Waals surface area contributed by atoms with Crippen LogP contribution in [0.15, 0.2) is 53.7 Å². The van der Waals surface area contributed by atoms with Crippen molar-refractivity contribution in [3.05, 3.63) is 59.5 Å². The standard InChI is InChI=1S/C28H36N6O5S2/c1-17(22-7-5-6-14-30-22)32-27(36)33-19-10-13-21(24(15-19)41(37,38)34-28(2,3)4)23-16-31-25(40-23)18-8-11-20(12-9-18)39-26(29)35/h5-7,10,13-18,20,34H,8-9,11-12H2,1-4H3,(H2,29,35)(H2,32,33,36)/t17-,18?,20?/m1/s1. The van der Waals surface area contributed by atoms with Crippen molar-refractivity contribution in [1.82, 2.24) is 20.0 Å². The minimum atomic E-state index is -3.97.